The van der Waals surface area contributed by atoms with Crippen molar-refractivity contribution < 1.29 is 9.53 Å². The van der Waals surface area contributed by atoms with Gasteiger partial charge in [0.05, 0.1) is 12.5 Å². The van der Waals surface area contributed by atoms with Crippen molar-refractivity contribution in [3.8, 4) is 0 Å². The van der Waals surface area contributed by atoms with Crippen LogP contribution in [0.1, 0.15) is 59.3 Å². The molecule has 0 spiro atoms. The van der Waals surface area contributed by atoms with Gasteiger partial charge in [0, 0.05) is 0 Å². The fraction of sp³-hybridized carbons (Fsp3) is 0.917. The van der Waals surface area contributed by atoms with Gasteiger partial charge in [0.25, 0.3) is 0 Å². The van der Waals surface area contributed by atoms with E-state index in [1.54, 1.807) is 0 Å². The molecule has 0 aliphatic rings. The van der Waals surface area contributed by atoms with Crippen molar-refractivity contribution >= 4 is 5.97 Å². The summed E-state index contributed by atoms with van der Waals surface area (Å²) in [7, 11) is 0. The first-order chi connectivity index (χ1) is 6.68. The third-order valence-corrected chi connectivity index (χ3v) is 2.21. The maximum absolute atomic E-state index is 11.1. The molecule has 0 unspecified atom stereocenters. The number of carbonyl (C=O) groups is 1. The lowest BCUT2D eigenvalue weighted by molar-refractivity contribution is -0.147. The number of rotatable bonds is 8. The molecule has 0 atom stereocenters. The molecule has 0 bridgehead atoms. The van der Waals surface area contributed by atoms with Crippen molar-refractivity contribution in [1.82, 2.24) is 6.15 Å². The highest BCUT2D eigenvalue weighted by Gasteiger charge is 2.06. The van der Waals surface area contributed by atoms with Gasteiger partial charge in [-0.1, -0.05) is 52.9 Å². The molecule has 0 aliphatic heterocycles. The highest BCUT2D eigenvalue weighted by molar-refractivity contribution is 5.71. The smallest absolute Gasteiger partial charge is 0.308 e. The second kappa shape index (κ2) is 11.5. The van der Waals surface area contributed by atoms with E-state index in [9.17, 15) is 4.79 Å². The van der Waals surface area contributed by atoms with Crippen LogP contribution in [0, 0.1) is 5.92 Å². The van der Waals surface area contributed by atoms with Crippen molar-refractivity contribution in [3.63, 3.8) is 0 Å². The zero-order chi connectivity index (χ0) is 10.8. The highest BCUT2D eigenvalue weighted by Crippen LogP contribution is 2.05. The second-order valence-electron chi connectivity index (χ2n) is 4.09. The summed E-state index contributed by atoms with van der Waals surface area (Å²) in [6, 6.07) is 0. The van der Waals surface area contributed by atoms with Crippen LogP contribution < -0.4 is 6.15 Å². The predicted octanol–water partition coefficient (Wildman–Crippen LogP) is 3.71. The van der Waals surface area contributed by atoms with Gasteiger partial charge in [0.15, 0.2) is 0 Å². The van der Waals surface area contributed by atoms with E-state index in [1.807, 2.05) is 13.8 Å². The van der Waals surface area contributed by atoms with Gasteiger partial charge in [0.2, 0.25) is 0 Å². The maximum atomic E-state index is 11.1. The van der Waals surface area contributed by atoms with E-state index < -0.39 is 0 Å². The molecule has 0 saturated carbocycles. The van der Waals surface area contributed by atoms with E-state index >= 15 is 0 Å². The van der Waals surface area contributed by atoms with Crippen LogP contribution in [-0.4, -0.2) is 12.6 Å². The van der Waals surface area contributed by atoms with Crippen LogP contribution in [0.4, 0.5) is 0 Å². The van der Waals surface area contributed by atoms with Gasteiger partial charge in [0.1, 0.15) is 0 Å². The molecule has 0 aromatic heterocycles. The number of hydrogen-bond acceptors (Lipinski definition) is 3. The third kappa shape index (κ3) is 11.4. The first kappa shape index (κ1) is 16.8. The van der Waals surface area contributed by atoms with Crippen LogP contribution in [0.25, 0.3) is 0 Å². The summed E-state index contributed by atoms with van der Waals surface area (Å²) >= 11 is 0. The Morgan fingerprint density at radius 1 is 1.07 bits per heavy atom. The molecule has 15 heavy (non-hydrogen) atoms. The van der Waals surface area contributed by atoms with E-state index in [0.29, 0.717) is 6.61 Å². The van der Waals surface area contributed by atoms with Crippen LogP contribution in [0.2, 0.25) is 0 Å². The largest absolute Gasteiger partial charge is 0.465 e. The summed E-state index contributed by atoms with van der Waals surface area (Å²) in [5, 5.41) is 0. The average molecular weight is 217 g/mol. The summed E-state index contributed by atoms with van der Waals surface area (Å²) in [5.41, 5.74) is 0. The molecule has 3 heteroatoms. The van der Waals surface area contributed by atoms with Crippen molar-refractivity contribution in [2.24, 2.45) is 5.92 Å². The van der Waals surface area contributed by atoms with E-state index in [0.717, 1.165) is 6.42 Å². The zero-order valence-corrected chi connectivity index (χ0v) is 10.6. The second-order valence-corrected chi connectivity index (χ2v) is 4.09. The molecule has 3 N–H and O–H groups in total. The number of ether oxygens (including phenoxy) is 1. The van der Waals surface area contributed by atoms with Crippen LogP contribution in [0.15, 0.2) is 0 Å². The Balaban J connectivity index is 0. The summed E-state index contributed by atoms with van der Waals surface area (Å²) < 4.78 is 5.07. The summed E-state index contributed by atoms with van der Waals surface area (Å²) in [6.45, 7) is 6.54. The number of hydrogen-bond donors (Lipinski definition) is 1. The van der Waals surface area contributed by atoms with Gasteiger partial charge in [-0.3, -0.25) is 4.79 Å². The summed E-state index contributed by atoms with van der Waals surface area (Å²) in [5.74, 6) is -0.0614. The van der Waals surface area contributed by atoms with Gasteiger partial charge in [-0.25, -0.2) is 0 Å². The predicted molar refractivity (Wildman–Crippen MR) is 64.2 cm³/mol. The van der Waals surface area contributed by atoms with Gasteiger partial charge < -0.3 is 10.9 Å². The van der Waals surface area contributed by atoms with Crippen LogP contribution in [0.3, 0.4) is 0 Å². The van der Waals surface area contributed by atoms with Gasteiger partial charge >= 0.3 is 5.97 Å². The van der Waals surface area contributed by atoms with E-state index in [1.165, 1.54) is 32.1 Å². The minimum atomic E-state index is -0.0708. The molecule has 3 nitrogen and oxygen atoms in total. The molecular weight excluding hydrogens is 190 g/mol. The molecule has 0 aromatic rings. The van der Waals surface area contributed by atoms with E-state index in [2.05, 4.69) is 6.92 Å². The molecule has 0 saturated heterocycles. The Morgan fingerprint density at radius 2 is 1.60 bits per heavy atom. The molecule has 0 radical (unpaired) electrons. The zero-order valence-electron chi connectivity index (χ0n) is 10.6. The molecule has 92 valence electrons. The molecular formula is C12H27NO2. The van der Waals surface area contributed by atoms with Gasteiger partial charge in [-0.05, 0) is 6.42 Å². The van der Waals surface area contributed by atoms with Gasteiger partial charge in [-0.15, -0.1) is 0 Å². The summed E-state index contributed by atoms with van der Waals surface area (Å²) in [4.78, 5) is 11.1. The van der Waals surface area contributed by atoms with Gasteiger partial charge in [-0.2, -0.15) is 0 Å². The quantitative estimate of drug-likeness (QED) is 0.498. The Labute approximate surface area is 94.2 Å². The molecule has 0 rings (SSSR count). The lowest BCUT2D eigenvalue weighted by Gasteiger charge is -2.06. The number of unbranched alkanes of at least 4 members (excludes halogenated alkanes) is 5. The normalized spacial score (nSPS) is 9.87. The molecule has 0 fully saturated rings. The first-order valence-electron chi connectivity index (χ1n) is 5.85. The molecule has 0 aliphatic carbocycles. The minimum Gasteiger partial charge on any atom is -0.465 e. The SMILES string of the molecule is CCCCCCCCOC(=O)C(C)C.N. The summed E-state index contributed by atoms with van der Waals surface area (Å²) in [6.07, 6.45) is 7.39. The van der Waals surface area contributed by atoms with Crippen molar-refractivity contribution in [2.45, 2.75) is 59.3 Å². The van der Waals surface area contributed by atoms with Crippen molar-refractivity contribution in [1.29, 1.82) is 0 Å². The Morgan fingerprint density at radius 3 is 2.13 bits per heavy atom. The fourth-order valence-corrected chi connectivity index (χ4v) is 1.22. The number of esters is 1. The molecule has 0 heterocycles. The Bertz CT molecular complexity index is 147. The fourth-order valence-electron chi connectivity index (χ4n) is 1.22. The maximum Gasteiger partial charge on any atom is 0.308 e. The van der Waals surface area contributed by atoms with Crippen LogP contribution in [-0.2, 0) is 9.53 Å². The van der Waals surface area contributed by atoms with Crippen molar-refractivity contribution in [3.05, 3.63) is 0 Å². The highest BCUT2D eigenvalue weighted by atomic mass is 16.5. The Kier molecular flexibility index (Phi) is 12.9. The van der Waals surface area contributed by atoms with Crippen LogP contribution >= 0.6 is 0 Å². The van der Waals surface area contributed by atoms with E-state index in [4.69, 9.17) is 4.74 Å². The standard InChI is InChI=1S/C12H24O2.H3N/c1-4-5-6-7-8-9-10-14-12(13)11(2)3;/h11H,4-10H2,1-3H3;1H3. The first-order valence-corrected chi connectivity index (χ1v) is 5.85. The molecule has 0 aromatic carbocycles. The number of carbonyl (C=O) groups excluding carboxylic acids is 1. The third-order valence-electron chi connectivity index (χ3n) is 2.21. The lowest BCUT2D eigenvalue weighted by atomic mass is 10.1. The monoisotopic (exact) mass is 217 g/mol. The van der Waals surface area contributed by atoms with Crippen LogP contribution in [0.5, 0.6) is 0 Å². The minimum absolute atomic E-state index is 0. The molecule has 0 amide bonds. The average Bonchev–Trinajstić information content (AvgIpc) is 2.16. The van der Waals surface area contributed by atoms with Crippen molar-refractivity contribution in [2.75, 3.05) is 6.61 Å². The topological polar surface area (TPSA) is 61.3 Å². The lowest BCUT2D eigenvalue weighted by Crippen LogP contribution is -2.12. The Hall–Kier alpha value is -0.570. The van der Waals surface area contributed by atoms with E-state index in [-0.39, 0.29) is 18.0 Å².